The van der Waals surface area contributed by atoms with Crippen molar-refractivity contribution in [3.05, 3.63) is 33.7 Å². The molecule has 1 aliphatic heterocycles. The Morgan fingerprint density at radius 1 is 1.29 bits per heavy atom. The summed E-state index contributed by atoms with van der Waals surface area (Å²) in [6.45, 7) is 4.77. The summed E-state index contributed by atoms with van der Waals surface area (Å²) >= 11 is 3.03. The maximum Gasteiger partial charge on any atom is 0.254 e. The standard InChI is InChI=1S/C15H19N3OS2/c1-3-12-6-7-13(20-12)10-19-15-14(16-21-17-15)11-5-4-8-18(2)9-11/h5-7H,3-4,8-10H2,1-2H3. The molecule has 0 aromatic carbocycles. The van der Waals surface area contributed by atoms with Crippen LogP contribution in [0.25, 0.3) is 5.57 Å². The summed E-state index contributed by atoms with van der Waals surface area (Å²) in [7, 11) is 2.13. The molecule has 0 fully saturated rings. The molecule has 0 atom stereocenters. The van der Waals surface area contributed by atoms with Crippen LogP contribution < -0.4 is 4.74 Å². The molecule has 3 rings (SSSR count). The average molecular weight is 321 g/mol. The molecule has 4 nitrogen and oxygen atoms in total. The van der Waals surface area contributed by atoms with Gasteiger partial charge in [-0.05, 0) is 37.6 Å². The highest BCUT2D eigenvalue weighted by Crippen LogP contribution is 2.28. The number of aromatic nitrogens is 2. The summed E-state index contributed by atoms with van der Waals surface area (Å²) in [4.78, 5) is 4.92. The van der Waals surface area contributed by atoms with E-state index in [2.05, 4.69) is 45.8 Å². The monoisotopic (exact) mass is 321 g/mol. The van der Waals surface area contributed by atoms with E-state index < -0.39 is 0 Å². The van der Waals surface area contributed by atoms with Crippen LogP contribution in [0.15, 0.2) is 18.2 Å². The molecule has 6 heteroatoms. The normalized spacial score (nSPS) is 16.0. The number of rotatable bonds is 5. The van der Waals surface area contributed by atoms with E-state index in [9.17, 15) is 0 Å². The van der Waals surface area contributed by atoms with Crippen molar-refractivity contribution < 1.29 is 4.74 Å². The van der Waals surface area contributed by atoms with Crippen molar-refractivity contribution in [3.8, 4) is 5.88 Å². The first-order valence-corrected chi connectivity index (χ1v) is 8.72. The highest BCUT2D eigenvalue weighted by atomic mass is 32.1. The Labute approximate surface area is 133 Å². The van der Waals surface area contributed by atoms with E-state index in [0.29, 0.717) is 12.5 Å². The molecular weight excluding hydrogens is 302 g/mol. The Bertz CT molecular complexity index is 632. The number of thiophene rings is 1. The zero-order chi connectivity index (χ0) is 14.7. The van der Waals surface area contributed by atoms with Gasteiger partial charge in [0.05, 0.1) is 11.7 Å². The predicted octanol–water partition coefficient (Wildman–Crippen LogP) is 3.46. The van der Waals surface area contributed by atoms with Gasteiger partial charge in [0, 0.05) is 22.8 Å². The summed E-state index contributed by atoms with van der Waals surface area (Å²) in [5, 5.41) is 0. The number of nitrogens with zero attached hydrogens (tertiary/aromatic N) is 3. The third-order valence-corrected chi connectivity index (χ3v) is 5.24. The molecule has 2 aromatic rings. The maximum atomic E-state index is 5.90. The van der Waals surface area contributed by atoms with Crippen molar-refractivity contribution in [2.75, 3.05) is 20.1 Å². The minimum atomic E-state index is 0.576. The second-order valence-electron chi connectivity index (χ2n) is 5.18. The van der Waals surface area contributed by atoms with Crippen molar-refractivity contribution in [3.63, 3.8) is 0 Å². The van der Waals surface area contributed by atoms with Gasteiger partial charge in [0.15, 0.2) is 0 Å². The molecule has 21 heavy (non-hydrogen) atoms. The number of aryl methyl sites for hydroxylation is 1. The molecular formula is C15H19N3OS2. The van der Waals surface area contributed by atoms with Crippen LogP contribution in [-0.4, -0.2) is 33.8 Å². The maximum absolute atomic E-state index is 5.90. The number of hydrogen-bond donors (Lipinski definition) is 0. The number of likely N-dealkylation sites (N-methyl/N-ethyl adjacent to an activating group) is 1. The van der Waals surface area contributed by atoms with Crippen LogP contribution in [0.2, 0.25) is 0 Å². The van der Waals surface area contributed by atoms with Gasteiger partial charge in [0.2, 0.25) is 0 Å². The SMILES string of the molecule is CCc1ccc(COc2nsnc2C2=CCCN(C)C2)s1. The van der Waals surface area contributed by atoms with Crippen LogP contribution in [0.3, 0.4) is 0 Å². The smallest absolute Gasteiger partial charge is 0.254 e. The fourth-order valence-corrected chi connectivity index (χ4v) is 3.77. The molecule has 0 saturated carbocycles. The molecule has 0 spiro atoms. The Morgan fingerprint density at radius 3 is 2.90 bits per heavy atom. The topological polar surface area (TPSA) is 38.3 Å². The third-order valence-electron chi connectivity index (χ3n) is 3.52. The van der Waals surface area contributed by atoms with E-state index >= 15 is 0 Å². The van der Waals surface area contributed by atoms with E-state index in [1.165, 1.54) is 27.1 Å². The van der Waals surface area contributed by atoms with Gasteiger partial charge in [0.25, 0.3) is 5.88 Å². The summed E-state index contributed by atoms with van der Waals surface area (Å²) in [6, 6.07) is 4.30. The minimum Gasteiger partial charge on any atom is -0.470 e. The van der Waals surface area contributed by atoms with Crippen molar-refractivity contribution >= 4 is 28.6 Å². The lowest BCUT2D eigenvalue weighted by Gasteiger charge is -2.22. The van der Waals surface area contributed by atoms with Crippen LogP contribution in [0.1, 0.15) is 28.8 Å². The second kappa shape index (κ2) is 6.68. The Kier molecular flexibility index (Phi) is 4.67. The quantitative estimate of drug-likeness (QED) is 0.845. The molecule has 112 valence electrons. The lowest BCUT2D eigenvalue weighted by atomic mass is 10.1. The van der Waals surface area contributed by atoms with Crippen LogP contribution >= 0.6 is 23.1 Å². The highest BCUT2D eigenvalue weighted by molar-refractivity contribution is 7.11. The Hall–Kier alpha value is -1.24. The van der Waals surface area contributed by atoms with Crippen LogP contribution in [0, 0.1) is 0 Å². The molecule has 1 aliphatic rings. The van der Waals surface area contributed by atoms with Crippen LogP contribution in [0.5, 0.6) is 5.88 Å². The Balaban J connectivity index is 1.69. The number of ether oxygens (including phenoxy) is 1. The van der Waals surface area contributed by atoms with Gasteiger partial charge in [-0.3, -0.25) is 0 Å². The number of hydrogen-bond acceptors (Lipinski definition) is 6. The van der Waals surface area contributed by atoms with E-state index in [1.54, 1.807) is 11.3 Å². The van der Waals surface area contributed by atoms with Crippen LogP contribution in [-0.2, 0) is 13.0 Å². The third kappa shape index (κ3) is 3.51. The van der Waals surface area contributed by atoms with E-state index in [-0.39, 0.29) is 0 Å². The Morgan fingerprint density at radius 2 is 2.14 bits per heavy atom. The average Bonchev–Trinajstić information content (AvgIpc) is 3.14. The largest absolute Gasteiger partial charge is 0.470 e. The van der Waals surface area contributed by atoms with E-state index in [0.717, 1.165) is 31.6 Å². The summed E-state index contributed by atoms with van der Waals surface area (Å²) < 4.78 is 14.6. The van der Waals surface area contributed by atoms with Crippen molar-refractivity contribution in [1.29, 1.82) is 0 Å². The van der Waals surface area contributed by atoms with Gasteiger partial charge >= 0.3 is 0 Å². The molecule has 0 radical (unpaired) electrons. The zero-order valence-electron chi connectivity index (χ0n) is 12.3. The first-order chi connectivity index (χ1) is 10.3. The first-order valence-electron chi connectivity index (χ1n) is 7.17. The summed E-state index contributed by atoms with van der Waals surface area (Å²) in [5.41, 5.74) is 2.15. The second-order valence-corrected chi connectivity index (χ2v) is 6.97. The summed E-state index contributed by atoms with van der Waals surface area (Å²) in [6.07, 6.45) is 4.39. The molecule has 0 bridgehead atoms. The minimum absolute atomic E-state index is 0.576. The van der Waals surface area contributed by atoms with E-state index in [4.69, 9.17) is 4.74 Å². The molecule has 0 N–H and O–H groups in total. The zero-order valence-corrected chi connectivity index (χ0v) is 14.0. The van der Waals surface area contributed by atoms with Gasteiger partial charge in [-0.2, -0.15) is 4.37 Å². The molecule has 0 saturated heterocycles. The first kappa shape index (κ1) is 14.7. The van der Waals surface area contributed by atoms with Gasteiger partial charge in [-0.25, -0.2) is 0 Å². The van der Waals surface area contributed by atoms with Crippen LogP contribution in [0.4, 0.5) is 0 Å². The highest BCUT2D eigenvalue weighted by Gasteiger charge is 2.18. The molecule has 0 unspecified atom stereocenters. The molecule has 2 aromatic heterocycles. The van der Waals surface area contributed by atoms with Crippen molar-refractivity contribution in [1.82, 2.24) is 13.6 Å². The van der Waals surface area contributed by atoms with Gasteiger partial charge in [0.1, 0.15) is 12.3 Å². The van der Waals surface area contributed by atoms with Crippen molar-refractivity contribution in [2.24, 2.45) is 0 Å². The lowest BCUT2D eigenvalue weighted by molar-refractivity contribution is 0.298. The van der Waals surface area contributed by atoms with Gasteiger partial charge in [-0.1, -0.05) is 13.0 Å². The summed E-state index contributed by atoms with van der Waals surface area (Å²) in [5.74, 6) is 0.674. The molecule has 3 heterocycles. The molecule has 0 aliphatic carbocycles. The van der Waals surface area contributed by atoms with Crippen molar-refractivity contribution in [2.45, 2.75) is 26.4 Å². The lowest BCUT2D eigenvalue weighted by Crippen LogP contribution is -2.25. The fourth-order valence-electron chi connectivity index (χ4n) is 2.37. The molecule has 0 amide bonds. The van der Waals surface area contributed by atoms with E-state index in [1.807, 2.05) is 0 Å². The predicted molar refractivity (Wildman–Crippen MR) is 88.0 cm³/mol. The van der Waals surface area contributed by atoms with Gasteiger partial charge < -0.3 is 9.64 Å². The fraction of sp³-hybridized carbons (Fsp3) is 0.467. The van der Waals surface area contributed by atoms with Gasteiger partial charge in [-0.15, -0.1) is 15.7 Å².